The summed E-state index contributed by atoms with van der Waals surface area (Å²) in [6, 6.07) is 21.5. The fraction of sp³-hybridized carbons (Fsp3) is 0.462. The number of carbonyl (C=O) groups excluding carboxylic acids is 2. The molecule has 7 rings (SSSR count). The van der Waals surface area contributed by atoms with Gasteiger partial charge in [0.15, 0.2) is 0 Å². The molecule has 4 aromatic carbocycles. The average Bonchev–Trinajstić information content (AvgIpc) is 3.33. The van der Waals surface area contributed by atoms with Crippen LogP contribution in [0.4, 0.5) is 29.3 Å². The highest BCUT2D eigenvalue weighted by molar-refractivity contribution is 7.92. The van der Waals surface area contributed by atoms with Crippen LogP contribution in [0.2, 0.25) is 5.02 Å². The molecule has 1 aliphatic carbocycles. The van der Waals surface area contributed by atoms with Crippen molar-refractivity contribution in [1.29, 1.82) is 0 Å². The van der Waals surface area contributed by atoms with Crippen LogP contribution in [0.3, 0.4) is 0 Å². The summed E-state index contributed by atoms with van der Waals surface area (Å²) in [4.78, 5) is 32.5. The zero-order valence-electron chi connectivity index (χ0n) is 42.0. The first-order chi connectivity index (χ1) is 34.3. The van der Waals surface area contributed by atoms with E-state index in [1.165, 1.54) is 29.9 Å². The Kier molecular flexibility index (Phi) is 17.0. The molecule has 2 heterocycles. The van der Waals surface area contributed by atoms with Gasteiger partial charge in [-0.15, -0.1) is 0 Å². The summed E-state index contributed by atoms with van der Waals surface area (Å²) in [5, 5.41) is 3.42. The van der Waals surface area contributed by atoms with E-state index in [0.29, 0.717) is 80.5 Å². The van der Waals surface area contributed by atoms with Crippen LogP contribution in [0.5, 0.6) is 17.2 Å². The highest BCUT2D eigenvalue weighted by atomic mass is 35.5. The van der Waals surface area contributed by atoms with Crippen molar-refractivity contribution in [1.82, 2.24) is 19.4 Å². The number of amides is 2. The molecule has 0 aromatic heterocycles. The van der Waals surface area contributed by atoms with Crippen molar-refractivity contribution in [3.63, 3.8) is 0 Å². The zero-order chi connectivity index (χ0) is 52.9. The maximum absolute atomic E-state index is 14.1. The number of methoxy groups -OCH3 is 1. The first-order valence-electron chi connectivity index (χ1n) is 24.2. The molecule has 2 amide bonds. The number of halogens is 4. The van der Waals surface area contributed by atoms with E-state index in [2.05, 4.69) is 41.1 Å². The molecule has 73 heavy (non-hydrogen) atoms. The molecule has 0 unspecified atom stereocenters. The molecule has 2 saturated heterocycles. The molecule has 0 atom stereocenters. The Labute approximate surface area is 431 Å². The lowest BCUT2D eigenvalue weighted by atomic mass is 9.72. The number of sulfone groups is 1. The Morgan fingerprint density at radius 1 is 0.795 bits per heavy atom. The number of alkyl halides is 3. The number of sulfonamides is 1. The van der Waals surface area contributed by atoms with Gasteiger partial charge in [-0.3, -0.25) is 14.6 Å². The SMILES string of the molecule is COc1ccc(Oc2cc(N3CCN(CC4=C(c5ccc(Cl)cc5)CC(C)(C)CC4)CC3)ccc2C(=O)NS(=O)(=O)c2ccc(NCCCN3CCN(C(=O)OC(C)(C)C)CC3)c(S(=O)(=O)C(F)(F)F)c2)cc1. The Balaban J connectivity index is 1.05. The number of nitrogens with one attached hydrogen (secondary N) is 2. The van der Waals surface area contributed by atoms with Crippen LogP contribution in [0.15, 0.2) is 100 Å². The van der Waals surface area contributed by atoms with Gasteiger partial charge in [-0.1, -0.05) is 43.2 Å². The molecule has 0 bridgehead atoms. The number of allylic oxidation sites excluding steroid dienone is 1. The number of hydrogen-bond donors (Lipinski definition) is 2. The number of rotatable bonds is 16. The number of ether oxygens (including phenoxy) is 3. The molecule has 21 heteroatoms. The van der Waals surface area contributed by atoms with Gasteiger partial charge in [0.2, 0.25) is 0 Å². The summed E-state index contributed by atoms with van der Waals surface area (Å²) < 4.78 is 115. The quantitative estimate of drug-likeness (QED) is 0.102. The number of piperazine rings is 2. The van der Waals surface area contributed by atoms with Crippen LogP contribution in [0.1, 0.15) is 76.2 Å². The number of hydrogen-bond acceptors (Lipinski definition) is 13. The molecule has 2 aliphatic heterocycles. The second-order valence-electron chi connectivity index (χ2n) is 20.3. The minimum absolute atomic E-state index is 0.00909. The van der Waals surface area contributed by atoms with Crippen LogP contribution in [0.25, 0.3) is 5.57 Å². The summed E-state index contributed by atoms with van der Waals surface area (Å²) in [5.41, 5.74) is -2.27. The van der Waals surface area contributed by atoms with Gasteiger partial charge in [0.1, 0.15) is 27.7 Å². The van der Waals surface area contributed by atoms with E-state index in [4.69, 9.17) is 25.8 Å². The van der Waals surface area contributed by atoms with Crippen molar-refractivity contribution in [2.45, 2.75) is 81.2 Å². The van der Waals surface area contributed by atoms with E-state index >= 15 is 0 Å². The number of carbonyl (C=O) groups is 2. The summed E-state index contributed by atoms with van der Waals surface area (Å²) in [7, 11) is -9.58. The lowest BCUT2D eigenvalue weighted by Crippen LogP contribution is -2.50. The van der Waals surface area contributed by atoms with E-state index in [0.717, 1.165) is 51.0 Å². The Morgan fingerprint density at radius 2 is 1.44 bits per heavy atom. The van der Waals surface area contributed by atoms with Crippen LogP contribution in [-0.4, -0.2) is 134 Å². The molecule has 0 spiro atoms. The summed E-state index contributed by atoms with van der Waals surface area (Å²) in [6.07, 6.45) is 2.99. The predicted octanol–water partition coefficient (Wildman–Crippen LogP) is 9.69. The monoisotopic (exact) mass is 1070 g/mol. The van der Waals surface area contributed by atoms with Gasteiger partial charge in [-0.05, 0) is 136 Å². The Bertz CT molecular complexity index is 2880. The fourth-order valence-corrected chi connectivity index (χ4v) is 11.2. The van der Waals surface area contributed by atoms with Gasteiger partial charge in [-0.25, -0.2) is 26.4 Å². The maximum Gasteiger partial charge on any atom is 0.501 e. The van der Waals surface area contributed by atoms with Crippen LogP contribution in [-0.2, 0) is 24.6 Å². The average molecular weight is 1070 g/mol. The molecule has 0 radical (unpaired) electrons. The molecule has 3 aliphatic rings. The summed E-state index contributed by atoms with van der Waals surface area (Å²) >= 11 is 6.23. The lowest BCUT2D eigenvalue weighted by molar-refractivity contribution is -0.0436. The number of benzene rings is 4. The van der Waals surface area contributed by atoms with E-state index in [1.54, 1.807) is 62.1 Å². The molecule has 0 saturated carbocycles. The molecular weight excluding hydrogens is 1010 g/mol. The van der Waals surface area contributed by atoms with Gasteiger partial charge in [-0.2, -0.15) is 13.2 Å². The first-order valence-corrected chi connectivity index (χ1v) is 27.5. The smallest absolute Gasteiger partial charge is 0.497 e. The first kappa shape index (κ1) is 55.2. The second kappa shape index (κ2) is 22.5. The fourth-order valence-electron chi connectivity index (χ4n) is 9.05. The van der Waals surface area contributed by atoms with E-state index < -0.39 is 58.4 Å². The molecule has 4 aromatic rings. The highest BCUT2D eigenvalue weighted by Crippen LogP contribution is 2.44. The third-order valence-electron chi connectivity index (χ3n) is 13.1. The minimum atomic E-state index is -6.09. The van der Waals surface area contributed by atoms with Crippen molar-refractivity contribution in [2.24, 2.45) is 5.41 Å². The van der Waals surface area contributed by atoms with Gasteiger partial charge in [0.25, 0.3) is 25.8 Å². The summed E-state index contributed by atoms with van der Waals surface area (Å²) in [5.74, 6) is -0.345. The highest BCUT2D eigenvalue weighted by Gasteiger charge is 2.48. The number of anilines is 2. The third-order valence-corrected chi connectivity index (χ3v) is 16.2. The van der Waals surface area contributed by atoms with E-state index in [1.807, 2.05) is 21.8 Å². The largest absolute Gasteiger partial charge is 0.501 e. The van der Waals surface area contributed by atoms with Crippen molar-refractivity contribution in [3.05, 3.63) is 107 Å². The lowest BCUT2D eigenvalue weighted by Gasteiger charge is -2.39. The molecule has 15 nitrogen and oxygen atoms in total. The minimum Gasteiger partial charge on any atom is -0.497 e. The Morgan fingerprint density at radius 3 is 2.07 bits per heavy atom. The van der Waals surface area contributed by atoms with Gasteiger partial charge in [0.05, 0.1) is 23.3 Å². The van der Waals surface area contributed by atoms with E-state index in [-0.39, 0.29) is 23.3 Å². The van der Waals surface area contributed by atoms with E-state index in [9.17, 15) is 39.6 Å². The maximum atomic E-state index is 14.1. The van der Waals surface area contributed by atoms with Crippen molar-refractivity contribution < 1.29 is 53.8 Å². The summed E-state index contributed by atoms with van der Waals surface area (Å²) in [6.45, 7) is 15.9. The zero-order valence-corrected chi connectivity index (χ0v) is 44.4. The van der Waals surface area contributed by atoms with Crippen LogP contribution >= 0.6 is 11.6 Å². The number of nitrogens with zero attached hydrogens (tertiary/aromatic N) is 4. The topological polar surface area (TPSA) is 167 Å². The standard InChI is InChI=1S/C52H64ClF3N6O9S2/c1-50(2,3)71-49(64)62-30-24-59(25-31-62)23-7-22-57-45-19-17-42(33-47(45)72(65,66)52(54,55)56)73(67,68)58-48(63)43-18-12-39(32-46(43)70-41-15-13-40(69-6)14-16-41)61-28-26-60(27-29-61)35-37-20-21-51(4,5)34-44(37)36-8-10-38(53)11-9-36/h8-19,32-33,57H,7,20-31,34-35H2,1-6H3,(H,58,63). The van der Waals surface area contributed by atoms with Gasteiger partial charge >= 0.3 is 11.6 Å². The third kappa shape index (κ3) is 14.2. The molecule has 2 N–H and O–H groups in total. The van der Waals surface area contributed by atoms with Crippen LogP contribution < -0.4 is 24.4 Å². The molecular formula is C52H64ClF3N6O9S2. The normalized spacial score (nSPS) is 17.3. The van der Waals surface area contributed by atoms with Crippen molar-refractivity contribution in [2.75, 3.05) is 89.3 Å². The molecule has 396 valence electrons. The molecule has 2 fully saturated rings. The van der Waals surface area contributed by atoms with Gasteiger partial charge in [0, 0.05) is 82.2 Å². The predicted molar refractivity (Wildman–Crippen MR) is 276 cm³/mol. The second-order valence-corrected chi connectivity index (χ2v) is 24.3. The Hall–Kier alpha value is -5.54. The van der Waals surface area contributed by atoms with Crippen LogP contribution in [0, 0.1) is 5.41 Å². The van der Waals surface area contributed by atoms with Crippen molar-refractivity contribution >= 4 is 60.4 Å². The van der Waals surface area contributed by atoms with Gasteiger partial charge < -0.3 is 29.3 Å². The van der Waals surface area contributed by atoms with Crippen molar-refractivity contribution in [3.8, 4) is 17.2 Å².